The highest BCUT2D eigenvalue weighted by molar-refractivity contribution is 5.79. The first-order chi connectivity index (χ1) is 23.7. The summed E-state index contributed by atoms with van der Waals surface area (Å²) in [6.45, 7) is 5.16. The van der Waals surface area contributed by atoms with E-state index in [1.807, 2.05) is 18.2 Å². The molecule has 5 atom stereocenters. The molecule has 4 aliphatic carbocycles. The van der Waals surface area contributed by atoms with Crippen LogP contribution in [-0.4, -0.2) is 75.2 Å². The van der Waals surface area contributed by atoms with E-state index in [4.69, 9.17) is 0 Å². The molecule has 266 valence electrons. The highest BCUT2D eigenvalue weighted by atomic mass is 19.3. The van der Waals surface area contributed by atoms with E-state index in [1.165, 1.54) is 25.7 Å². The minimum Gasteiger partial charge on any atom is -0.353 e. The molecular formula is C38H53F2N7O2. The Balaban J connectivity index is 0.840. The van der Waals surface area contributed by atoms with Crippen molar-refractivity contribution < 1.29 is 18.4 Å². The molecule has 1 aromatic heterocycles. The zero-order valence-corrected chi connectivity index (χ0v) is 28.9. The molecule has 6 fully saturated rings. The van der Waals surface area contributed by atoms with Gasteiger partial charge in [-0.15, -0.1) is 10.2 Å². The van der Waals surface area contributed by atoms with Crippen LogP contribution in [0.2, 0.25) is 0 Å². The summed E-state index contributed by atoms with van der Waals surface area (Å²) in [4.78, 5) is 28.7. The lowest BCUT2D eigenvalue weighted by atomic mass is 9.40. The molecule has 8 rings (SSSR count). The zero-order chi connectivity index (χ0) is 33.8. The minimum atomic E-state index is -2.64. The topological polar surface area (TPSA) is 104 Å². The number of carbonyl (C=O) groups excluding carboxylic acids is 2. The molecule has 49 heavy (non-hydrogen) atoms. The fourth-order valence-electron chi connectivity index (χ4n) is 10.8. The Morgan fingerprint density at radius 3 is 2.43 bits per heavy atom. The number of amides is 2. The van der Waals surface area contributed by atoms with Gasteiger partial charge in [0.2, 0.25) is 17.7 Å². The van der Waals surface area contributed by atoms with Crippen LogP contribution >= 0.6 is 0 Å². The highest BCUT2D eigenvalue weighted by Crippen LogP contribution is 2.73. The van der Waals surface area contributed by atoms with E-state index in [2.05, 4.69) is 54.7 Å². The predicted octanol–water partition coefficient (Wildman–Crippen LogP) is 5.41. The summed E-state index contributed by atoms with van der Waals surface area (Å²) < 4.78 is 29.9. The molecule has 3 N–H and O–H groups in total. The summed E-state index contributed by atoms with van der Waals surface area (Å²) in [6.07, 6.45) is 11.1. The van der Waals surface area contributed by atoms with E-state index >= 15 is 0 Å². The number of halogens is 2. The fourth-order valence-corrected chi connectivity index (χ4v) is 10.8. The number of benzene rings is 1. The number of nitrogens with one attached hydrogen (secondary N) is 3. The average Bonchev–Trinajstić information content (AvgIpc) is 3.41. The van der Waals surface area contributed by atoms with Gasteiger partial charge in [0.05, 0.1) is 6.04 Å². The number of rotatable bonds is 12. The van der Waals surface area contributed by atoms with Gasteiger partial charge in [-0.25, -0.2) is 8.78 Å². The summed E-state index contributed by atoms with van der Waals surface area (Å²) in [6, 6.07) is 11.7. The molecule has 3 heterocycles. The van der Waals surface area contributed by atoms with Crippen LogP contribution in [0.3, 0.4) is 0 Å². The van der Waals surface area contributed by atoms with Crippen molar-refractivity contribution in [2.45, 2.75) is 139 Å². The minimum absolute atomic E-state index is 0.0867. The smallest absolute Gasteiger partial charge is 0.248 e. The summed E-state index contributed by atoms with van der Waals surface area (Å²) in [5, 5.41) is 19.1. The van der Waals surface area contributed by atoms with Crippen molar-refractivity contribution in [1.29, 1.82) is 0 Å². The molecule has 2 aromatic rings. The zero-order valence-electron chi connectivity index (χ0n) is 28.9. The number of nitrogens with zero attached hydrogens (tertiary/aromatic N) is 4. The molecule has 2 aliphatic heterocycles. The molecule has 4 unspecified atom stereocenters. The van der Waals surface area contributed by atoms with Crippen LogP contribution in [0.15, 0.2) is 30.3 Å². The molecule has 9 nitrogen and oxygen atoms in total. The average molecular weight is 678 g/mol. The number of hydrogen-bond acceptors (Lipinski definition) is 6. The standard InChI is InChI=1S/C38H53F2N7O2/c1-25-44-45-33(8-5-9-34(48)42-28-23-36(24-28)17-19-41-20-18-36)47(25)32-22-31-38(32)16-12-30(38)46(31)21-13-29(26-6-3-2-4-7-26)43-35(49)27-10-14-37(39,40)15-11-27/h2-4,6-7,27-32,41H,5,8-24H2,1H3,(H,42,48)(H,43,49)/t29-,30?,31?,32?,38?/m0/s1. The maximum Gasteiger partial charge on any atom is 0.248 e. The van der Waals surface area contributed by atoms with Gasteiger partial charge in [-0.05, 0) is 102 Å². The summed E-state index contributed by atoms with van der Waals surface area (Å²) in [5.74, 6) is -0.925. The van der Waals surface area contributed by atoms with Gasteiger partial charge in [0.15, 0.2) is 0 Å². The Bertz CT molecular complexity index is 1500. The first-order valence-electron chi connectivity index (χ1n) is 19.1. The van der Waals surface area contributed by atoms with Crippen LogP contribution in [0, 0.1) is 23.7 Å². The van der Waals surface area contributed by atoms with E-state index in [9.17, 15) is 18.4 Å². The van der Waals surface area contributed by atoms with Crippen molar-refractivity contribution in [3.8, 4) is 0 Å². The fraction of sp³-hybridized carbons (Fsp3) is 0.737. The van der Waals surface area contributed by atoms with Crippen molar-refractivity contribution >= 4 is 11.8 Å². The Labute approximate surface area is 288 Å². The Morgan fingerprint density at radius 1 is 0.980 bits per heavy atom. The number of aromatic nitrogens is 3. The van der Waals surface area contributed by atoms with E-state index in [1.54, 1.807) is 0 Å². The van der Waals surface area contributed by atoms with Crippen LogP contribution in [-0.2, 0) is 16.0 Å². The molecule has 6 aliphatic rings. The second kappa shape index (κ2) is 13.0. The molecule has 2 saturated heterocycles. The molecule has 0 bridgehead atoms. The maximum absolute atomic E-state index is 13.8. The van der Waals surface area contributed by atoms with E-state index in [0.717, 1.165) is 75.4 Å². The SMILES string of the molecule is Cc1nnc(CCCC(=O)NC2CC3(CCNCC3)C2)n1C1CC2N(CC[C@H](NC(=O)C3CCC(F)(F)CC3)c3ccccc3)C3CCC321. The number of piperidine rings is 3. The summed E-state index contributed by atoms with van der Waals surface area (Å²) >= 11 is 0. The number of hydrogen-bond donors (Lipinski definition) is 3. The van der Waals surface area contributed by atoms with Gasteiger partial charge in [0, 0.05) is 67.7 Å². The summed E-state index contributed by atoms with van der Waals surface area (Å²) in [5.41, 5.74) is 1.81. The van der Waals surface area contributed by atoms with Gasteiger partial charge in [-0.3, -0.25) is 14.5 Å². The predicted molar refractivity (Wildman–Crippen MR) is 182 cm³/mol. The Morgan fingerprint density at radius 2 is 1.73 bits per heavy atom. The van der Waals surface area contributed by atoms with Crippen LogP contribution in [0.25, 0.3) is 0 Å². The maximum atomic E-state index is 13.8. The largest absolute Gasteiger partial charge is 0.353 e. The lowest BCUT2D eigenvalue weighted by molar-refractivity contribution is -0.295. The third-order valence-electron chi connectivity index (χ3n) is 13.7. The Hall–Kier alpha value is -2.92. The second-order valence-corrected chi connectivity index (χ2v) is 16.4. The van der Waals surface area contributed by atoms with Crippen LogP contribution in [0.5, 0.6) is 0 Å². The van der Waals surface area contributed by atoms with E-state index in [-0.39, 0.29) is 54.9 Å². The number of alkyl halides is 2. The second-order valence-electron chi connectivity index (χ2n) is 16.4. The molecule has 11 heteroatoms. The Kier molecular flexibility index (Phi) is 8.82. The van der Waals surface area contributed by atoms with E-state index < -0.39 is 5.92 Å². The highest BCUT2D eigenvalue weighted by Gasteiger charge is 2.75. The number of carbonyl (C=O) groups is 2. The van der Waals surface area contributed by atoms with Crippen LogP contribution < -0.4 is 16.0 Å². The van der Waals surface area contributed by atoms with Crippen molar-refractivity contribution in [3.63, 3.8) is 0 Å². The number of likely N-dealkylation sites (tertiary alicyclic amines) is 1. The van der Waals surface area contributed by atoms with Gasteiger partial charge in [0.25, 0.3) is 0 Å². The molecule has 0 radical (unpaired) electrons. The van der Waals surface area contributed by atoms with Gasteiger partial charge >= 0.3 is 0 Å². The molecular weight excluding hydrogens is 624 g/mol. The lowest BCUT2D eigenvalue weighted by Gasteiger charge is -2.80. The molecule has 2 amide bonds. The monoisotopic (exact) mass is 677 g/mol. The number of aryl methyl sites for hydroxylation is 2. The summed E-state index contributed by atoms with van der Waals surface area (Å²) in [7, 11) is 0. The van der Waals surface area contributed by atoms with Crippen molar-refractivity contribution in [3.05, 3.63) is 47.5 Å². The normalized spacial score (nSPS) is 30.9. The first kappa shape index (κ1) is 33.2. The van der Waals surface area contributed by atoms with E-state index in [0.29, 0.717) is 36.0 Å². The van der Waals surface area contributed by atoms with Crippen molar-refractivity contribution in [2.75, 3.05) is 19.6 Å². The first-order valence-corrected chi connectivity index (χ1v) is 19.1. The van der Waals surface area contributed by atoms with Gasteiger partial charge in [-0.1, -0.05) is 30.3 Å². The third kappa shape index (κ3) is 6.10. The van der Waals surface area contributed by atoms with Crippen LogP contribution in [0.1, 0.15) is 119 Å². The molecule has 2 spiro atoms. The van der Waals surface area contributed by atoms with Crippen LogP contribution in [0.4, 0.5) is 8.78 Å². The third-order valence-corrected chi connectivity index (χ3v) is 13.7. The van der Waals surface area contributed by atoms with Crippen molar-refractivity contribution in [1.82, 2.24) is 35.6 Å². The van der Waals surface area contributed by atoms with Crippen molar-refractivity contribution in [2.24, 2.45) is 16.7 Å². The molecule has 1 aromatic carbocycles. The quantitative estimate of drug-likeness (QED) is 0.278. The molecule has 4 saturated carbocycles. The van der Waals surface area contributed by atoms with Gasteiger partial charge in [0.1, 0.15) is 11.6 Å². The van der Waals surface area contributed by atoms with Gasteiger partial charge in [-0.2, -0.15) is 0 Å². The lowest BCUT2D eigenvalue weighted by Crippen LogP contribution is -2.85. The van der Waals surface area contributed by atoms with Gasteiger partial charge < -0.3 is 20.5 Å².